The van der Waals surface area contributed by atoms with Gasteiger partial charge < -0.3 is 10.2 Å². The molecule has 1 aromatic heterocycles. The summed E-state index contributed by atoms with van der Waals surface area (Å²) < 4.78 is 2.02. The Hall–Kier alpha value is -0.870. The lowest BCUT2D eigenvalue weighted by Gasteiger charge is -2.24. The molecule has 4 heteroatoms. The predicted octanol–water partition coefficient (Wildman–Crippen LogP) is 0.949. The number of nitrogens with one attached hydrogen (secondary N) is 1. The molecule has 0 radical (unpaired) electrons. The molecule has 0 aromatic carbocycles. The molecule has 1 heterocycles. The molecule has 1 unspecified atom stereocenters. The number of hydrogen-bond acceptors (Lipinski definition) is 3. The van der Waals surface area contributed by atoms with Crippen molar-refractivity contribution in [3.63, 3.8) is 0 Å². The van der Waals surface area contributed by atoms with Gasteiger partial charge in [0.25, 0.3) is 0 Å². The monoisotopic (exact) mass is 222 g/mol. The van der Waals surface area contributed by atoms with Gasteiger partial charge in [-0.05, 0) is 33.4 Å². The fourth-order valence-electron chi connectivity index (χ4n) is 2.38. The highest BCUT2D eigenvalue weighted by Gasteiger charge is 2.22. The van der Waals surface area contributed by atoms with E-state index < -0.39 is 0 Å². The first-order valence-electron chi connectivity index (χ1n) is 6.07. The van der Waals surface area contributed by atoms with Crippen LogP contribution in [0.5, 0.6) is 0 Å². The number of aryl methyl sites for hydroxylation is 1. The molecule has 4 nitrogen and oxygen atoms in total. The van der Waals surface area contributed by atoms with E-state index in [0.717, 1.165) is 13.1 Å². The summed E-state index contributed by atoms with van der Waals surface area (Å²) in [5.74, 6) is 0. The van der Waals surface area contributed by atoms with E-state index in [-0.39, 0.29) is 0 Å². The second kappa shape index (κ2) is 4.97. The van der Waals surface area contributed by atoms with Gasteiger partial charge in [-0.2, -0.15) is 5.10 Å². The minimum Gasteiger partial charge on any atom is -0.309 e. The molecule has 0 aliphatic heterocycles. The van der Waals surface area contributed by atoms with Crippen LogP contribution < -0.4 is 5.32 Å². The summed E-state index contributed by atoms with van der Waals surface area (Å²) in [4.78, 5) is 2.21. The van der Waals surface area contributed by atoms with Crippen molar-refractivity contribution >= 4 is 0 Å². The molecule has 0 bridgehead atoms. The zero-order chi connectivity index (χ0) is 11.5. The number of aromatic nitrogens is 2. The van der Waals surface area contributed by atoms with Crippen molar-refractivity contribution in [1.82, 2.24) is 20.0 Å². The van der Waals surface area contributed by atoms with Crippen molar-refractivity contribution < 1.29 is 0 Å². The molecule has 0 fully saturated rings. The van der Waals surface area contributed by atoms with Crippen LogP contribution in [0.15, 0.2) is 6.20 Å². The van der Waals surface area contributed by atoms with Gasteiger partial charge in [-0.15, -0.1) is 0 Å². The van der Waals surface area contributed by atoms with Gasteiger partial charge in [0.1, 0.15) is 0 Å². The van der Waals surface area contributed by atoms with Crippen LogP contribution in [0.2, 0.25) is 0 Å². The first-order valence-corrected chi connectivity index (χ1v) is 6.07. The highest BCUT2D eigenvalue weighted by Crippen LogP contribution is 2.28. The van der Waals surface area contributed by atoms with E-state index in [1.807, 2.05) is 17.9 Å². The van der Waals surface area contributed by atoms with Crippen molar-refractivity contribution in [2.45, 2.75) is 25.3 Å². The largest absolute Gasteiger partial charge is 0.309 e. The maximum atomic E-state index is 4.36. The van der Waals surface area contributed by atoms with E-state index in [9.17, 15) is 0 Å². The Morgan fingerprint density at radius 1 is 1.56 bits per heavy atom. The van der Waals surface area contributed by atoms with Crippen LogP contribution in [-0.2, 0) is 13.5 Å². The van der Waals surface area contributed by atoms with Crippen molar-refractivity contribution in [1.29, 1.82) is 0 Å². The predicted molar refractivity (Wildman–Crippen MR) is 65.4 cm³/mol. The molecule has 1 atom stereocenters. The average molecular weight is 222 g/mol. The zero-order valence-electron chi connectivity index (χ0n) is 10.5. The number of fused-ring (bicyclic) bond motifs is 1. The van der Waals surface area contributed by atoms with Gasteiger partial charge in [0.2, 0.25) is 0 Å². The third-order valence-electron chi connectivity index (χ3n) is 3.33. The van der Waals surface area contributed by atoms with Gasteiger partial charge in [-0.3, -0.25) is 4.68 Å². The van der Waals surface area contributed by atoms with E-state index in [4.69, 9.17) is 0 Å². The second-order valence-electron chi connectivity index (χ2n) is 4.87. The SMILES string of the molecule is CN(C)CCNC1CCCc2c1cnn2C. The Morgan fingerprint density at radius 2 is 2.38 bits per heavy atom. The van der Waals surface area contributed by atoms with Crippen molar-refractivity contribution in [2.24, 2.45) is 7.05 Å². The summed E-state index contributed by atoms with van der Waals surface area (Å²) >= 11 is 0. The highest BCUT2D eigenvalue weighted by atomic mass is 15.3. The normalized spacial score (nSPS) is 20.1. The molecule has 0 saturated carbocycles. The molecule has 0 saturated heterocycles. The number of hydrogen-bond donors (Lipinski definition) is 1. The van der Waals surface area contributed by atoms with Gasteiger partial charge >= 0.3 is 0 Å². The maximum Gasteiger partial charge on any atom is 0.0540 e. The van der Waals surface area contributed by atoms with Crippen LogP contribution >= 0.6 is 0 Å². The zero-order valence-corrected chi connectivity index (χ0v) is 10.5. The molecule has 2 rings (SSSR count). The highest BCUT2D eigenvalue weighted by molar-refractivity contribution is 5.24. The average Bonchev–Trinajstić information content (AvgIpc) is 2.61. The van der Waals surface area contributed by atoms with Gasteiger partial charge in [-0.1, -0.05) is 0 Å². The third-order valence-corrected chi connectivity index (χ3v) is 3.33. The molecular weight excluding hydrogens is 200 g/mol. The van der Waals surface area contributed by atoms with Crippen molar-refractivity contribution in [2.75, 3.05) is 27.2 Å². The van der Waals surface area contributed by atoms with E-state index >= 15 is 0 Å². The summed E-state index contributed by atoms with van der Waals surface area (Å²) in [5, 5.41) is 7.99. The van der Waals surface area contributed by atoms with Gasteiger partial charge in [0, 0.05) is 37.4 Å². The molecule has 0 spiro atoms. The smallest absolute Gasteiger partial charge is 0.0540 e. The van der Waals surface area contributed by atoms with Crippen molar-refractivity contribution in [3.05, 3.63) is 17.5 Å². The molecule has 0 amide bonds. The lowest BCUT2D eigenvalue weighted by Crippen LogP contribution is -2.31. The van der Waals surface area contributed by atoms with E-state index in [1.165, 1.54) is 30.5 Å². The minimum absolute atomic E-state index is 0.511. The Labute approximate surface area is 97.6 Å². The third kappa shape index (κ3) is 2.44. The van der Waals surface area contributed by atoms with Crippen LogP contribution in [0.4, 0.5) is 0 Å². The van der Waals surface area contributed by atoms with Crippen molar-refractivity contribution in [3.8, 4) is 0 Å². The molecule has 90 valence electrons. The first kappa shape index (κ1) is 11.6. The molecule has 16 heavy (non-hydrogen) atoms. The van der Waals surface area contributed by atoms with Crippen LogP contribution in [-0.4, -0.2) is 41.9 Å². The summed E-state index contributed by atoms with van der Waals surface area (Å²) in [7, 11) is 6.26. The number of likely N-dealkylation sites (N-methyl/N-ethyl adjacent to an activating group) is 1. The number of nitrogens with zero attached hydrogens (tertiary/aromatic N) is 3. The minimum atomic E-state index is 0.511. The summed E-state index contributed by atoms with van der Waals surface area (Å²) in [6.07, 6.45) is 5.72. The Balaban J connectivity index is 1.96. The summed E-state index contributed by atoms with van der Waals surface area (Å²) in [5.41, 5.74) is 2.82. The summed E-state index contributed by atoms with van der Waals surface area (Å²) in [6.45, 7) is 2.14. The maximum absolute atomic E-state index is 4.36. The van der Waals surface area contributed by atoms with Crippen LogP contribution in [0.25, 0.3) is 0 Å². The van der Waals surface area contributed by atoms with Crippen LogP contribution in [0.3, 0.4) is 0 Å². The summed E-state index contributed by atoms with van der Waals surface area (Å²) in [6, 6.07) is 0.511. The Kier molecular flexibility index (Phi) is 3.61. The fourth-order valence-corrected chi connectivity index (χ4v) is 2.38. The van der Waals surface area contributed by atoms with Crippen LogP contribution in [0.1, 0.15) is 30.1 Å². The van der Waals surface area contributed by atoms with Gasteiger partial charge in [-0.25, -0.2) is 0 Å². The fraction of sp³-hybridized carbons (Fsp3) is 0.750. The lowest BCUT2D eigenvalue weighted by molar-refractivity contribution is 0.371. The molecular formula is C12H22N4. The Morgan fingerprint density at radius 3 is 3.12 bits per heavy atom. The molecule has 1 aliphatic rings. The molecule has 1 aliphatic carbocycles. The molecule has 1 aromatic rings. The Bertz CT molecular complexity index is 343. The second-order valence-corrected chi connectivity index (χ2v) is 4.87. The standard InChI is InChI=1S/C12H22N4/c1-15(2)8-7-13-11-5-4-6-12-10(11)9-14-16(12)3/h9,11,13H,4-8H2,1-3H3. The molecule has 1 N–H and O–H groups in total. The van der Waals surface area contributed by atoms with Crippen LogP contribution in [0, 0.1) is 0 Å². The first-order chi connectivity index (χ1) is 7.68. The van der Waals surface area contributed by atoms with E-state index in [1.54, 1.807) is 0 Å². The topological polar surface area (TPSA) is 33.1 Å². The van der Waals surface area contributed by atoms with E-state index in [0.29, 0.717) is 6.04 Å². The van der Waals surface area contributed by atoms with Gasteiger partial charge in [0.05, 0.1) is 6.20 Å². The lowest BCUT2D eigenvalue weighted by atomic mass is 9.93. The van der Waals surface area contributed by atoms with Gasteiger partial charge in [0.15, 0.2) is 0 Å². The quantitative estimate of drug-likeness (QED) is 0.823. The van der Waals surface area contributed by atoms with E-state index in [2.05, 4.69) is 29.4 Å². The number of rotatable bonds is 4.